The smallest absolute Gasteiger partial charge is 0.234 e. The first-order valence-corrected chi connectivity index (χ1v) is 10.2. The second-order valence-electron chi connectivity index (χ2n) is 7.51. The van der Waals surface area contributed by atoms with Crippen molar-refractivity contribution in [1.82, 2.24) is 15.2 Å². The third kappa shape index (κ3) is 6.52. The Morgan fingerprint density at radius 2 is 2.00 bits per heavy atom. The zero-order valence-corrected chi connectivity index (χ0v) is 19.2. The van der Waals surface area contributed by atoms with Crippen LogP contribution in [-0.4, -0.2) is 67.9 Å². The Morgan fingerprint density at radius 1 is 1.36 bits per heavy atom. The number of halogens is 2. The number of nitrogens with zero attached hydrogens (tertiary/aromatic N) is 2. The molecule has 2 unspecified atom stereocenters. The molecular formula is C18H32Cl2N4O3S. The number of anilines is 1. The number of hydrogen-bond donors (Lipinski definition) is 2. The van der Waals surface area contributed by atoms with Crippen molar-refractivity contribution >= 4 is 47.2 Å². The maximum atomic E-state index is 12.9. The Morgan fingerprint density at radius 3 is 2.61 bits per heavy atom. The number of carbonyl (C=O) groups excluding carboxylic acids is 1. The molecule has 0 aliphatic carbocycles. The van der Waals surface area contributed by atoms with Gasteiger partial charge in [-0.3, -0.25) is 9.69 Å². The predicted molar refractivity (Wildman–Crippen MR) is 117 cm³/mol. The Kier molecular flexibility index (Phi) is 10.6. The summed E-state index contributed by atoms with van der Waals surface area (Å²) in [7, 11) is 1.66. The van der Waals surface area contributed by atoms with E-state index in [0.29, 0.717) is 11.7 Å². The van der Waals surface area contributed by atoms with E-state index in [1.165, 1.54) is 11.3 Å². The van der Waals surface area contributed by atoms with Crippen LogP contribution in [-0.2, 0) is 20.8 Å². The predicted octanol–water partition coefficient (Wildman–Crippen LogP) is 2.55. The molecule has 0 bridgehead atoms. The van der Waals surface area contributed by atoms with E-state index in [2.05, 4.69) is 34.4 Å². The lowest BCUT2D eigenvalue weighted by Crippen LogP contribution is -2.47. The standard InChI is InChI=1S/C18H30N4O3S.2ClH/c1-13-8-22(9-14(2)25-13)10-15-11-26-17(20-15)21-16(23)18(12-24-3)4-6-19-7-5-18;;/h11,13-14,19H,4-10,12H2,1-3H3,(H,20,21,23);2*1H. The van der Waals surface area contributed by atoms with Crippen LogP contribution >= 0.6 is 36.2 Å². The third-order valence-electron chi connectivity index (χ3n) is 5.12. The number of hydrogen-bond acceptors (Lipinski definition) is 7. The van der Waals surface area contributed by atoms with Crippen LogP contribution in [0.3, 0.4) is 0 Å². The van der Waals surface area contributed by atoms with Gasteiger partial charge < -0.3 is 20.1 Å². The van der Waals surface area contributed by atoms with E-state index in [0.717, 1.165) is 51.3 Å². The molecule has 2 saturated heterocycles. The lowest BCUT2D eigenvalue weighted by molar-refractivity contribution is -0.130. The third-order valence-corrected chi connectivity index (χ3v) is 5.92. The molecule has 2 atom stereocenters. The zero-order valence-electron chi connectivity index (χ0n) is 16.7. The highest BCUT2D eigenvalue weighted by Crippen LogP contribution is 2.31. The van der Waals surface area contributed by atoms with Crippen LogP contribution in [0.2, 0.25) is 0 Å². The van der Waals surface area contributed by atoms with Gasteiger partial charge in [0.1, 0.15) is 0 Å². The van der Waals surface area contributed by atoms with E-state index in [9.17, 15) is 4.79 Å². The van der Waals surface area contributed by atoms with Gasteiger partial charge in [-0.05, 0) is 39.8 Å². The number of methoxy groups -OCH3 is 1. The molecule has 0 spiro atoms. The molecule has 7 nitrogen and oxygen atoms in total. The number of morpholine rings is 1. The Labute approximate surface area is 183 Å². The SMILES string of the molecule is COCC1(C(=O)Nc2nc(CN3CC(C)OC(C)C3)cs2)CCNCC1.Cl.Cl. The lowest BCUT2D eigenvalue weighted by atomic mass is 9.79. The van der Waals surface area contributed by atoms with Gasteiger partial charge >= 0.3 is 0 Å². The summed E-state index contributed by atoms with van der Waals surface area (Å²) in [6.45, 7) is 8.94. The summed E-state index contributed by atoms with van der Waals surface area (Å²) in [6, 6.07) is 0. The first-order valence-electron chi connectivity index (χ1n) is 9.34. The number of piperidine rings is 1. The highest BCUT2D eigenvalue weighted by Gasteiger charge is 2.40. The van der Waals surface area contributed by atoms with Crippen molar-refractivity contribution in [2.75, 3.05) is 45.2 Å². The van der Waals surface area contributed by atoms with Crippen molar-refractivity contribution in [3.05, 3.63) is 11.1 Å². The molecule has 3 rings (SSSR count). The van der Waals surface area contributed by atoms with Crippen LogP contribution < -0.4 is 10.6 Å². The highest BCUT2D eigenvalue weighted by atomic mass is 35.5. The fourth-order valence-corrected chi connectivity index (χ4v) is 4.62. The number of thiazole rings is 1. The summed E-state index contributed by atoms with van der Waals surface area (Å²) < 4.78 is 11.1. The highest BCUT2D eigenvalue weighted by molar-refractivity contribution is 7.13. The van der Waals surface area contributed by atoms with Gasteiger partial charge in [0, 0.05) is 32.1 Å². The summed E-state index contributed by atoms with van der Waals surface area (Å²) in [4.78, 5) is 19.9. The number of nitrogens with one attached hydrogen (secondary N) is 2. The second-order valence-corrected chi connectivity index (χ2v) is 8.37. The van der Waals surface area contributed by atoms with Crippen LogP contribution in [0.15, 0.2) is 5.38 Å². The van der Waals surface area contributed by atoms with E-state index >= 15 is 0 Å². The molecular weight excluding hydrogens is 423 g/mol. The van der Waals surface area contributed by atoms with Crippen molar-refractivity contribution in [1.29, 1.82) is 0 Å². The van der Waals surface area contributed by atoms with Gasteiger partial charge in [0.25, 0.3) is 0 Å². The first-order chi connectivity index (χ1) is 12.5. The molecule has 0 radical (unpaired) electrons. The van der Waals surface area contributed by atoms with Crippen molar-refractivity contribution in [3.8, 4) is 0 Å². The molecule has 28 heavy (non-hydrogen) atoms. The Bertz CT molecular complexity index is 598. The van der Waals surface area contributed by atoms with Crippen LogP contribution in [0.25, 0.3) is 0 Å². The van der Waals surface area contributed by atoms with Gasteiger partial charge in [-0.2, -0.15) is 0 Å². The summed E-state index contributed by atoms with van der Waals surface area (Å²) in [5, 5.41) is 9.05. The molecule has 3 heterocycles. The second kappa shape index (κ2) is 11.6. The first kappa shape index (κ1) is 25.6. The zero-order chi connectivity index (χ0) is 18.6. The van der Waals surface area contributed by atoms with Gasteiger partial charge in [-0.25, -0.2) is 4.98 Å². The maximum Gasteiger partial charge on any atom is 0.234 e. The van der Waals surface area contributed by atoms with Crippen molar-refractivity contribution in [3.63, 3.8) is 0 Å². The fourth-order valence-electron chi connectivity index (χ4n) is 3.93. The van der Waals surface area contributed by atoms with Crippen LogP contribution in [0.4, 0.5) is 5.13 Å². The number of rotatable bonds is 6. The minimum absolute atomic E-state index is 0. The molecule has 1 amide bonds. The summed E-state index contributed by atoms with van der Waals surface area (Å²) in [6.07, 6.45) is 2.05. The number of ether oxygens (including phenoxy) is 2. The molecule has 0 aromatic carbocycles. The van der Waals surface area contributed by atoms with Crippen molar-refractivity contribution < 1.29 is 14.3 Å². The molecule has 10 heteroatoms. The van der Waals surface area contributed by atoms with Gasteiger partial charge in [-0.15, -0.1) is 36.2 Å². The maximum absolute atomic E-state index is 12.9. The van der Waals surface area contributed by atoms with E-state index < -0.39 is 5.41 Å². The largest absolute Gasteiger partial charge is 0.384 e. The minimum Gasteiger partial charge on any atom is -0.384 e. The Hall–Kier alpha value is -0.480. The number of carbonyl (C=O) groups is 1. The van der Waals surface area contributed by atoms with Gasteiger partial charge in [-0.1, -0.05) is 0 Å². The molecule has 0 saturated carbocycles. The molecule has 2 aliphatic heterocycles. The van der Waals surface area contributed by atoms with E-state index in [4.69, 9.17) is 9.47 Å². The van der Waals surface area contributed by atoms with Crippen LogP contribution in [0.1, 0.15) is 32.4 Å². The molecule has 2 fully saturated rings. The molecule has 162 valence electrons. The van der Waals surface area contributed by atoms with Crippen LogP contribution in [0, 0.1) is 5.41 Å². The minimum atomic E-state index is -0.457. The summed E-state index contributed by atoms with van der Waals surface area (Å²) in [5.74, 6) is 0.0235. The van der Waals surface area contributed by atoms with Crippen molar-refractivity contribution in [2.24, 2.45) is 5.41 Å². The average Bonchev–Trinajstić information content (AvgIpc) is 3.02. The normalized spacial score (nSPS) is 24.7. The lowest BCUT2D eigenvalue weighted by Gasteiger charge is -2.35. The number of amides is 1. The van der Waals surface area contributed by atoms with Crippen molar-refractivity contribution in [2.45, 2.75) is 45.4 Å². The van der Waals surface area contributed by atoms with Crippen LogP contribution in [0.5, 0.6) is 0 Å². The number of aromatic nitrogens is 1. The summed E-state index contributed by atoms with van der Waals surface area (Å²) >= 11 is 1.49. The topological polar surface area (TPSA) is 75.7 Å². The monoisotopic (exact) mass is 454 g/mol. The van der Waals surface area contributed by atoms with Gasteiger partial charge in [0.05, 0.1) is 29.9 Å². The van der Waals surface area contributed by atoms with Gasteiger partial charge in [0.2, 0.25) is 5.91 Å². The molecule has 1 aromatic rings. The molecule has 1 aromatic heterocycles. The van der Waals surface area contributed by atoms with E-state index in [1.54, 1.807) is 7.11 Å². The van der Waals surface area contributed by atoms with E-state index in [1.807, 2.05) is 5.38 Å². The quantitative estimate of drug-likeness (QED) is 0.687. The van der Waals surface area contributed by atoms with Gasteiger partial charge in [0.15, 0.2) is 5.13 Å². The fraction of sp³-hybridized carbons (Fsp3) is 0.778. The molecule has 2 aliphatic rings. The Balaban J connectivity index is 0.00000196. The molecule has 2 N–H and O–H groups in total. The average molecular weight is 455 g/mol. The van der Waals surface area contributed by atoms with E-state index in [-0.39, 0.29) is 42.9 Å². The summed E-state index contributed by atoms with van der Waals surface area (Å²) in [5.41, 5.74) is 0.540.